The first-order valence-corrected chi connectivity index (χ1v) is 9.96. The lowest BCUT2D eigenvalue weighted by atomic mass is 9.98. The van der Waals surface area contributed by atoms with Crippen LogP contribution in [-0.4, -0.2) is 29.7 Å². The maximum Gasteiger partial charge on any atom is 0.410 e. The van der Waals surface area contributed by atoms with Crippen molar-refractivity contribution < 1.29 is 9.53 Å². The molecule has 4 nitrogen and oxygen atoms in total. The van der Waals surface area contributed by atoms with E-state index in [9.17, 15) is 4.79 Å². The molecule has 2 aromatic rings. The average Bonchev–Trinajstić information content (AvgIpc) is 3.18. The Balaban J connectivity index is 1.34. The van der Waals surface area contributed by atoms with E-state index in [4.69, 9.17) is 10.00 Å². The normalized spacial score (nSPS) is 22.2. The second kappa shape index (κ2) is 6.83. The largest absolute Gasteiger partial charge is 0.448 e. The van der Waals surface area contributed by atoms with E-state index in [2.05, 4.69) is 48.5 Å². The van der Waals surface area contributed by atoms with Crippen LogP contribution in [0.5, 0.6) is 0 Å². The van der Waals surface area contributed by atoms with Crippen molar-refractivity contribution >= 4 is 6.09 Å². The number of hydrogen-bond acceptors (Lipinski definition) is 3. The van der Waals surface area contributed by atoms with Crippen LogP contribution in [0.25, 0.3) is 11.1 Å². The number of amides is 1. The van der Waals surface area contributed by atoms with Crippen molar-refractivity contribution in [1.29, 1.82) is 5.26 Å². The van der Waals surface area contributed by atoms with E-state index in [-0.39, 0.29) is 24.1 Å². The van der Waals surface area contributed by atoms with Crippen LogP contribution in [-0.2, 0) is 4.74 Å². The van der Waals surface area contributed by atoms with E-state index < -0.39 is 0 Å². The van der Waals surface area contributed by atoms with Crippen LogP contribution in [0.1, 0.15) is 42.7 Å². The van der Waals surface area contributed by atoms with E-state index >= 15 is 0 Å². The second-order valence-corrected chi connectivity index (χ2v) is 7.87. The molecule has 3 aliphatic rings. The minimum absolute atomic E-state index is 0.0813. The molecule has 2 atom stereocenters. The third-order valence-corrected chi connectivity index (χ3v) is 6.33. The Morgan fingerprint density at radius 3 is 2.39 bits per heavy atom. The van der Waals surface area contributed by atoms with Gasteiger partial charge in [-0.3, -0.25) is 4.90 Å². The zero-order valence-corrected chi connectivity index (χ0v) is 15.7. The van der Waals surface area contributed by atoms with E-state index in [0.29, 0.717) is 13.0 Å². The summed E-state index contributed by atoms with van der Waals surface area (Å²) in [7, 11) is 0. The van der Waals surface area contributed by atoms with Gasteiger partial charge in [-0.1, -0.05) is 60.2 Å². The maximum absolute atomic E-state index is 12.9. The molecule has 4 heteroatoms. The number of carbonyl (C=O) groups is 1. The summed E-state index contributed by atoms with van der Waals surface area (Å²) in [6, 6.07) is 19.2. The number of nitrogens with zero attached hydrogens (tertiary/aromatic N) is 2. The predicted molar refractivity (Wildman–Crippen MR) is 107 cm³/mol. The number of rotatable bonds is 3. The average molecular weight is 370 g/mol. The number of hydrogen-bond donors (Lipinski definition) is 0. The van der Waals surface area contributed by atoms with E-state index in [1.54, 1.807) is 0 Å². The molecule has 0 radical (unpaired) electrons. The van der Waals surface area contributed by atoms with E-state index in [1.807, 2.05) is 17.0 Å². The van der Waals surface area contributed by atoms with Crippen LogP contribution in [0.15, 0.2) is 60.2 Å². The molecule has 2 aliphatic heterocycles. The first kappa shape index (κ1) is 17.1. The molecule has 0 aromatic heterocycles. The zero-order chi connectivity index (χ0) is 19.1. The number of benzene rings is 2. The van der Waals surface area contributed by atoms with E-state index in [1.165, 1.54) is 22.3 Å². The van der Waals surface area contributed by atoms with Crippen molar-refractivity contribution in [3.05, 3.63) is 71.3 Å². The van der Waals surface area contributed by atoms with Gasteiger partial charge in [-0.05, 0) is 41.5 Å². The van der Waals surface area contributed by atoms with Crippen molar-refractivity contribution in [3.63, 3.8) is 0 Å². The first-order valence-electron chi connectivity index (χ1n) is 9.96. The standard InChI is InChI=1S/C24H22N2O2/c25-12-11-16-13-17-9-10-18(14-16)26(17)24(27)28-15-23-21-7-3-1-5-19(21)20-6-2-4-8-22(20)23/h1-8,13,17-18,23H,9-11,14-15H2. The number of ether oxygens (including phenoxy) is 1. The van der Waals surface area contributed by atoms with Gasteiger partial charge in [0.2, 0.25) is 0 Å². The van der Waals surface area contributed by atoms with Gasteiger partial charge in [0.05, 0.1) is 18.5 Å². The maximum atomic E-state index is 12.9. The van der Waals surface area contributed by atoms with Crippen LogP contribution in [0.2, 0.25) is 0 Å². The Morgan fingerprint density at radius 2 is 1.75 bits per heavy atom. The van der Waals surface area contributed by atoms with Crippen molar-refractivity contribution in [3.8, 4) is 17.2 Å². The quantitative estimate of drug-likeness (QED) is 0.714. The lowest BCUT2D eigenvalue weighted by Gasteiger charge is -2.33. The molecule has 2 aromatic carbocycles. The fourth-order valence-corrected chi connectivity index (χ4v) is 5.10. The SMILES string of the molecule is N#CCC1=CC2CCC(C1)N2C(=O)OCC1c2ccccc2-c2ccccc21. The molecule has 2 bridgehead atoms. The van der Waals surface area contributed by atoms with Gasteiger partial charge in [0, 0.05) is 12.0 Å². The van der Waals surface area contributed by atoms with Crippen LogP contribution in [0.4, 0.5) is 4.79 Å². The van der Waals surface area contributed by atoms with Gasteiger partial charge in [0.25, 0.3) is 0 Å². The van der Waals surface area contributed by atoms with Crippen molar-refractivity contribution in [1.82, 2.24) is 4.90 Å². The van der Waals surface area contributed by atoms with Crippen LogP contribution < -0.4 is 0 Å². The molecule has 2 unspecified atom stereocenters. The van der Waals surface area contributed by atoms with Gasteiger partial charge >= 0.3 is 6.09 Å². The van der Waals surface area contributed by atoms with Crippen molar-refractivity contribution in [2.45, 2.75) is 43.7 Å². The molecule has 0 spiro atoms. The van der Waals surface area contributed by atoms with Crippen LogP contribution in [0, 0.1) is 11.3 Å². The fraction of sp³-hybridized carbons (Fsp3) is 0.333. The predicted octanol–water partition coefficient (Wildman–Crippen LogP) is 5.01. The summed E-state index contributed by atoms with van der Waals surface area (Å²) in [5.41, 5.74) is 6.10. The monoisotopic (exact) mass is 370 g/mol. The van der Waals surface area contributed by atoms with Crippen molar-refractivity contribution in [2.75, 3.05) is 6.61 Å². The first-order chi connectivity index (χ1) is 13.8. The van der Waals surface area contributed by atoms with Gasteiger partial charge in [-0.2, -0.15) is 5.26 Å². The minimum atomic E-state index is -0.221. The molecule has 1 saturated heterocycles. The van der Waals surface area contributed by atoms with Crippen LogP contribution in [0.3, 0.4) is 0 Å². The number of nitriles is 1. The summed E-state index contributed by atoms with van der Waals surface area (Å²) in [6.45, 7) is 0.359. The Morgan fingerprint density at radius 1 is 1.07 bits per heavy atom. The third kappa shape index (κ3) is 2.70. The molecule has 1 fully saturated rings. The second-order valence-electron chi connectivity index (χ2n) is 7.87. The molecule has 140 valence electrons. The Labute approximate surface area is 165 Å². The summed E-state index contributed by atoms with van der Waals surface area (Å²) in [4.78, 5) is 14.8. The molecule has 0 saturated carbocycles. The Bertz CT molecular complexity index is 958. The molecule has 1 amide bonds. The highest BCUT2D eigenvalue weighted by molar-refractivity contribution is 5.79. The Kier molecular flexibility index (Phi) is 4.16. The lowest BCUT2D eigenvalue weighted by Crippen LogP contribution is -2.43. The molecular formula is C24H22N2O2. The molecule has 1 aliphatic carbocycles. The summed E-state index contributed by atoms with van der Waals surface area (Å²) in [5.74, 6) is 0.0866. The van der Waals surface area contributed by atoms with Gasteiger partial charge in [0.1, 0.15) is 6.61 Å². The molecule has 2 heterocycles. The number of fused-ring (bicyclic) bond motifs is 5. The van der Waals surface area contributed by atoms with Crippen LogP contribution >= 0.6 is 0 Å². The molecular weight excluding hydrogens is 348 g/mol. The van der Waals surface area contributed by atoms with Gasteiger partial charge in [-0.15, -0.1) is 0 Å². The van der Waals surface area contributed by atoms with Gasteiger partial charge in [0.15, 0.2) is 0 Å². The summed E-state index contributed by atoms with van der Waals surface area (Å²) in [5, 5.41) is 8.96. The molecule has 28 heavy (non-hydrogen) atoms. The molecule has 0 N–H and O–H groups in total. The summed E-state index contributed by atoms with van der Waals surface area (Å²) < 4.78 is 5.85. The van der Waals surface area contributed by atoms with Gasteiger partial charge in [-0.25, -0.2) is 4.79 Å². The Hall–Kier alpha value is -3.06. The smallest absolute Gasteiger partial charge is 0.410 e. The fourth-order valence-electron chi connectivity index (χ4n) is 5.10. The van der Waals surface area contributed by atoms with Gasteiger partial charge < -0.3 is 4.74 Å². The molecule has 5 rings (SSSR count). The summed E-state index contributed by atoms with van der Waals surface area (Å²) in [6.07, 6.45) is 5.10. The van der Waals surface area contributed by atoms with E-state index in [0.717, 1.165) is 24.8 Å². The summed E-state index contributed by atoms with van der Waals surface area (Å²) >= 11 is 0. The lowest BCUT2D eigenvalue weighted by molar-refractivity contribution is 0.0850. The highest BCUT2D eigenvalue weighted by Gasteiger charge is 2.40. The minimum Gasteiger partial charge on any atom is -0.448 e. The number of carbonyl (C=O) groups excluding carboxylic acids is 1. The highest BCUT2D eigenvalue weighted by Crippen LogP contribution is 2.45. The van der Waals surface area contributed by atoms with Crippen molar-refractivity contribution in [2.24, 2.45) is 0 Å². The highest BCUT2D eigenvalue weighted by atomic mass is 16.6. The zero-order valence-electron chi connectivity index (χ0n) is 15.7. The topological polar surface area (TPSA) is 53.3 Å². The third-order valence-electron chi connectivity index (χ3n) is 6.33.